The molecule has 148 valence electrons. The minimum atomic E-state index is -2.82. The van der Waals surface area contributed by atoms with Gasteiger partial charge in [-0.05, 0) is 12.1 Å². The van der Waals surface area contributed by atoms with E-state index in [1.54, 1.807) is 11.0 Å². The van der Waals surface area contributed by atoms with Crippen molar-refractivity contribution in [2.75, 3.05) is 45.8 Å². The molecular weight excluding hydrogens is 361 g/mol. The highest BCUT2D eigenvalue weighted by Crippen LogP contribution is 2.26. The van der Waals surface area contributed by atoms with Gasteiger partial charge in [-0.2, -0.15) is 0 Å². The first-order valence-corrected chi connectivity index (χ1v) is 9.01. The number of carbonyl (C=O) groups is 2. The largest absolute Gasteiger partial charge is 0.351 e. The van der Waals surface area contributed by atoms with Crippen LogP contribution < -0.4 is 10.6 Å². The first kappa shape index (κ1) is 19.6. The summed E-state index contributed by atoms with van der Waals surface area (Å²) < 4.78 is 40.0. The molecule has 0 saturated carbocycles. The number of hydrogen-bond acceptors (Lipinski definition) is 4. The molecule has 0 aliphatic carbocycles. The average molecular weight is 384 g/mol. The molecule has 0 aromatic heterocycles. The van der Waals surface area contributed by atoms with Crippen molar-refractivity contribution in [1.82, 2.24) is 20.4 Å². The van der Waals surface area contributed by atoms with Crippen molar-refractivity contribution in [2.24, 2.45) is 0 Å². The third kappa shape index (κ3) is 4.98. The number of nitrogens with one attached hydrogen (secondary N) is 2. The molecule has 0 bridgehead atoms. The molecule has 9 heteroatoms. The fraction of sp³-hybridized carbons (Fsp3) is 0.556. The molecule has 2 N–H and O–H groups in total. The van der Waals surface area contributed by atoms with Crippen LogP contribution in [0.2, 0.25) is 0 Å². The molecule has 1 unspecified atom stereocenters. The van der Waals surface area contributed by atoms with Crippen LogP contribution in [0, 0.1) is 5.82 Å². The summed E-state index contributed by atoms with van der Waals surface area (Å²) in [5.41, 5.74) is 0.00813. The maximum Gasteiger partial charge on any atom is 0.262 e. The van der Waals surface area contributed by atoms with E-state index in [0.717, 1.165) is 0 Å². The van der Waals surface area contributed by atoms with Gasteiger partial charge in [-0.25, -0.2) is 13.2 Å². The summed E-state index contributed by atoms with van der Waals surface area (Å²) in [6, 6.07) is 4.97. The summed E-state index contributed by atoms with van der Waals surface area (Å²) in [6.07, 6.45) is -0.450. The Morgan fingerprint density at radius 1 is 1.19 bits per heavy atom. The van der Waals surface area contributed by atoms with E-state index in [-0.39, 0.29) is 11.5 Å². The van der Waals surface area contributed by atoms with Crippen molar-refractivity contribution < 1.29 is 22.8 Å². The Morgan fingerprint density at radius 2 is 1.89 bits per heavy atom. The normalized spacial score (nSPS) is 22.6. The predicted octanol–water partition coefficient (Wildman–Crippen LogP) is 0.697. The van der Waals surface area contributed by atoms with Gasteiger partial charge in [0.15, 0.2) is 0 Å². The Labute approximate surface area is 155 Å². The van der Waals surface area contributed by atoms with Gasteiger partial charge in [0.1, 0.15) is 5.82 Å². The zero-order chi connectivity index (χ0) is 19.4. The summed E-state index contributed by atoms with van der Waals surface area (Å²) in [4.78, 5) is 27.9. The molecule has 2 saturated heterocycles. The second-order valence-corrected chi connectivity index (χ2v) is 6.90. The van der Waals surface area contributed by atoms with Crippen molar-refractivity contribution in [3.63, 3.8) is 0 Å². The molecule has 0 radical (unpaired) electrons. The zero-order valence-electron chi connectivity index (χ0n) is 14.9. The molecule has 1 aromatic rings. The topological polar surface area (TPSA) is 64.7 Å². The van der Waals surface area contributed by atoms with Crippen LogP contribution in [-0.4, -0.2) is 79.4 Å². The van der Waals surface area contributed by atoms with Gasteiger partial charge < -0.3 is 10.2 Å². The van der Waals surface area contributed by atoms with Crippen LogP contribution in [0.25, 0.3) is 0 Å². The van der Waals surface area contributed by atoms with Crippen LogP contribution in [0.4, 0.5) is 13.2 Å². The second-order valence-electron chi connectivity index (χ2n) is 6.90. The molecule has 2 aliphatic rings. The van der Waals surface area contributed by atoms with Gasteiger partial charge in [0.25, 0.3) is 11.8 Å². The SMILES string of the molecule is O=C(NCCN1CCN(C(=O)C2CC(F)(F)CN2)CC1)c1ccccc1F. The van der Waals surface area contributed by atoms with Crippen molar-refractivity contribution in [1.29, 1.82) is 0 Å². The van der Waals surface area contributed by atoms with Crippen molar-refractivity contribution in [3.8, 4) is 0 Å². The molecular formula is C18H23F3N4O2. The summed E-state index contributed by atoms with van der Waals surface area (Å²) in [5, 5.41) is 5.27. The van der Waals surface area contributed by atoms with Crippen molar-refractivity contribution >= 4 is 11.8 Å². The number of halogens is 3. The van der Waals surface area contributed by atoms with Gasteiger partial charge >= 0.3 is 0 Å². The van der Waals surface area contributed by atoms with Gasteiger partial charge in [-0.15, -0.1) is 0 Å². The van der Waals surface area contributed by atoms with E-state index >= 15 is 0 Å². The number of piperazine rings is 1. The number of nitrogens with zero attached hydrogens (tertiary/aromatic N) is 2. The smallest absolute Gasteiger partial charge is 0.262 e. The van der Waals surface area contributed by atoms with Crippen LogP contribution >= 0.6 is 0 Å². The fourth-order valence-corrected chi connectivity index (χ4v) is 3.37. The Kier molecular flexibility index (Phi) is 6.01. The van der Waals surface area contributed by atoms with Crippen LogP contribution in [0.3, 0.4) is 0 Å². The van der Waals surface area contributed by atoms with Crippen LogP contribution in [0.1, 0.15) is 16.8 Å². The Morgan fingerprint density at radius 3 is 2.52 bits per heavy atom. The van der Waals surface area contributed by atoms with Gasteiger partial charge in [0.05, 0.1) is 18.2 Å². The molecule has 2 amide bonds. The Hall–Kier alpha value is -2.13. The number of rotatable bonds is 5. The minimum absolute atomic E-state index is 0.00813. The lowest BCUT2D eigenvalue weighted by Crippen LogP contribution is -2.53. The van der Waals surface area contributed by atoms with Crippen molar-refractivity contribution in [3.05, 3.63) is 35.6 Å². The molecule has 2 fully saturated rings. The molecule has 2 aliphatic heterocycles. The molecule has 1 aromatic carbocycles. The van der Waals surface area contributed by atoms with Crippen LogP contribution in [0.5, 0.6) is 0 Å². The number of carbonyl (C=O) groups excluding carboxylic acids is 2. The number of amides is 2. The van der Waals surface area contributed by atoms with Gasteiger partial charge in [-0.3, -0.25) is 19.8 Å². The second kappa shape index (κ2) is 8.26. The molecule has 6 nitrogen and oxygen atoms in total. The third-order valence-electron chi connectivity index (χ3n) is 4.92. The van der Waals surface area contributed by atoms with E-state index < -0.39 is 36.7 Å². The van der Waals surface area contributed by atoms with Crippen molar-refractivity contribution in [2.45, 2.75) is 18.4 Å². The van der Waals surface area contributed by atoms with E-state index in [1.807, 2.05) is 0 Å². The highest BCUT2D eigenvalue weighted by molar-refractivity contribution is 5.94. The van der Waals surface area contributed by atoms with E-state index in [9.17, 15) is 22.8 Å². The quantitative estimate of drug-likeness (QED) is 0.785. The number of hydrogen-bond donors (Lipinski definition) is 2. The standard InChI is InChI=1S/C18H23F3N4O2/c19-14-4-2-1-3-13(14)16(26)22-5-6-24-7-9-25(10-8-24)17(27)15-11-18(20,21)12-23-15/h1-4,15,23H,5-12H2,(H,22,26). The highest BCUT2D eigenvalue weighted by Gasteiger charge is 2.43. The van der Waals surface area contributed by atoms with E-state index in [1.165, 1.54) is 18.2 Å². The molecule has 3 rings (SSSR count). The number of alkyl halides is 2. The number of benzene rings is 1. The average Bonchev–Trinajstić information content (AvgIpc) is 3.02. The summed E-state index contributed by atoms with van der Waals surface area (Å²) in [7, 11) is 0. The van der Waals surface area contributed by atoms with Crippen LogP contribution in [-0.2, 0) is 4.79 Å². The predicted molar refractivity (Wildman–Crippen MR) is 93.1 cm³/mol. The van der Waals surface area contributed by atoms with E-state index in [2.05, 4.69) is 15.5 Å². The maximum absolute atomic E-state index is 13.6. The van der Waals surface area contributed by atoms with E-state index in [0.29, 0.717) is 39.3 Å². The van der Waals surface area contributed by atoms with Gasteiger partial charge in [-0.1, -0.05) is 12.1 Å². The summed E-state index contributed by atoms with van der Waals surface area (Å²) >= 11 is 0. The van der Waals surface area contributed by atoms with Gasteiger partial charge in [0, 0.05) is 45.7 Å². The lowest BCUT2D eigenvalue weighted by molar-refractivity contribution is -0.135. The third-order valence-corrected chi connectivity index (χ3v) is 4.92. The lowest BCUT2D eigenvalue weighted by Gasteiger charge is -2.35. The lowest BCUT2D eigenvalue weighted by atomic mass is 10.1. The fourth-order valence-electron chi connectivity index (χ4n) is 3.37. The first-order chi connectivity index (χ1) is 12.9. The minimum Gasteiger partial charge on any atom is -0.351 e. The molecule has 27 heavy (non-hydrogen) atoms. The monoisotopic (exact) mass is 384 g/mol. The van der Waals surface area contributed by atoms with E-state index in [4.69, 9.17) is 0 Å². The van der Waals surface area contributed by atoms with Crippen LogP contribution in [0.15, 0.2) is 24.3 Å². The zero-order valence-corrected chi connectivity index (χ0v) is 14.9. The first-order valence-electron chi connectivity index (χ1n) is 9.01. The Bertz CT molecular complexity index is 693. The summed E-state index contributed by atoms with van der Waals surface area (Å²) in [5.74, 6) is -4.12. The molecule has 0 spiro atoms. The Balaban J connectivity index is 1.38. The molecule has 1 atom stereocenters. The van der Waals surface area contributed by atoms with Gasteiger partial charge in [0.2, 0.25) is 5.91 Å². The molecule has 2 heterocycles. The maximum atomic E-state index is 13.6. The highest BCUT2D eigenvalue weighted by atomic mass is 19.3. The summed E-state index contributed by atoms with van der Waals surface area (Å²) in [6.45, 7) is 2.60.